The average Bonchev–Trinajstić information content (AvgIpc) is 2.61. The highest BCUT2D eigenvalue weighted by Gasteiger charge is 2.15. The summed E-state index contributed by atoms with van der Waals surface area (Å²) in [5, 5.41) is 9.66. The number of benzene rings is 1. The highest BCUT2D eigenvalue weighted by atomic mass is 16.5. The van der Waals surface area contributed by atoms with E-state index in [9.17, 15) is 9.90 Å². The summed E-state index contributed by atoms with van der Waals surface area (Å²) in [6.07, 6.45) is 11.3. The second-order valence-corrected chi connectivity index (χ2v) is 7.07. The van der Waals surface area contributed by atoms with E-state index in [4.69, 9.17) is 4.74 Å². The normalized spacial score (nSPS) is 13.6. The van der Waals surface area contributed by atoms with Gasteiger partial charge in [0.15, 0.2) is 5.78 Å². The minimum Gasteiger partial charge on any atom is -0.393 e. The molecule has 0 aliphatic heterocycles. The number of unbranched alkanes of at least 4 members (excludes halogenated alkanes) is 7. The maximum Gasteiger partial charge on any atom is 0.188 e. The number of aliphatic hydroxyl groups excluding tert-OH is 1. The number of ketones is 1. The third-order valence-electron chi connectivity index (χ3n) is 4.53. The van der Waals surface area contributed by atoms with Gasteiger partial charge < -0.3 is 9.84 Å². The van der Waals surface area contributed by atoms with E-state index < -0.39 is 6.10 Å². The van der Waals surface area contributed by atoms with Gasteiger partial charge in [0.25, 0.3) is 0 Å². The monoisotopic (exact) mass is 348 g/mol. The Morgan fingerprint density at radius 3 is 2.20 bits per heavy atom. The number of rotatable bonds is 15. The van der Waals surface area contributed by atoms with Gasteiger partial charge in [-0.25, -0.2) is 0 Å². The predicted molar refractivity (Wildman–Crippen MR) is 104 cm³/mol. The van der Waals surface area contributed by atoms with Crippen LogP contribution in [0.25, 0.3) is 0 Å². The second-order valence-electron chi connectivity index (χ2n) is 7.07. The van der Waals surface area contributed by atoms with E-state index in [1.807, 2.05) is 30.3 Å². The Morgan fingerprint density at radius 1 is 1.00 bits per heavy atom. The molecule has 0 amide bonds. The lowest BCUT2D eigenvalue weighted by molar-refractivity contribution is 0.0146. The molecule has 142 valence electrons. The van der Waals surface area contributed by atoms with E-state index >= 15 is 0 Å². The zero-order chi connectivity index (χ0) is 18.3. The van der Waals surface area contributed by atoms with Gasteiger partial charge in [-0.2, -0.15) is 0 Å². The highest BCUT2D eigenvalue weighted by Crippen LogP contribution is 2.15. The zero-order valence-electron chi connectivity index (χ0n) is 16.1. The van der Waals surface area contributed by atoms with Crippen LogP contribution in [0.15, 0.2) is 30.3 Å². The van der Waals surface area contributed by atoms with Gasteiger partial charge in [-0.05, 0) is 19.8 Å². The number of hydrogen-bond acceptors (Lipinski definition) is 3. The molecule has 0 aliphatic carbocycles. The number of ether oxygens (including phenoxy) is 1. The molecule has 0 spiro atoms. The van der Waals surface area contributed by atoms with Crippen molar-refractivity contribution in [3.63, 3.8) is 0 Å². The van der Waals surface area contributed by atoms with Crippen molar-refractivity contribution in [1.82, 2.24) is 0 Å². The molecule has 1 aromatic carbocycles. The summed E-state index contributed by atoms with van der Waals surface area (Å²) in [5.74, 6) is 0.00659. The fourth-order valence-corrected chi connectivity index (χ4v) is 3.06. The molecule has 2 atom stereocenters. The number of aliphatic hydroxyl groups is 1. The maximum absolute atomic E-state index is 12.1. The largest absolute Gasteiger partial charge is 0.393 e. The summed E-state index contributed by atoms with van der Waals surface area (Å²) >= 11 is 0. The summed E-state index contributed by atoms with van der Waals surface area (Å²) in [7, 11) is 0. The minimum atomic E-state index is -0.397. The van der Waals surface area contributed by atoms with Crippen LogP contribution in [0, 0.1) is 0 Å². The average molecular weight is 349 g/mol. The summed E-state index contributed by atoms with van der Waals surface area (Å²) < 4.78 is 5.82. The van der Waals surface area contributed by atoms with Crippen molar-refractivity contribution in [3.05, 3.63) is 35.9 Å². The zero-order valence-corrected chi connectivity index (χ0v) is 16.1. The van der Waals surface area contributed by atoms with Crippen LogP contribution < -0.4 is 0 Å². The number of Topliss-reactive ketones (excluding diaryl/α,β-unsaturated/α-hetero) is 1. The van der Waals surface area contributed by atoms with E-state index in [2.05, 4.69) is 6.92 Å². The molecule has 3 nitrogen and oxygen atoms in total. The summed E-state index contributed by atoms with van der Waals surface area (Å²) in [6.45, 7) is 4.12. The first-order valence-electron chi connectivity index (χ1n) is 10.0. The molecule has 0 aromatic heterocycles. The molecule has 0 heterocycles. The van der Waals surface area contributed by atoms with Gasteiger partial charge in [0.2, 0.25) is 0 Å². The van der Waals surface area contributed by atoms with E-state index in [-0.39, 0.29) is 18.5 Å². The van der Waals surface area contributed by atoms with Gasteiger partial charge in [0, 0.05) is 5.56 Å². The molecule has 0 bridgehead atoms. The van der Waals surface area contributed by atoms with Gasteiger partial charge in [0.05, 0.1) is 12.2 Å². The first kappa shape index (κ1) is 21.9. The Bertz CT molecular complexity index is 442. The second kappa shape index (κ2) is 14.0. The van der Waals surface area contributed by atoms with Crippen molar-refractivity contribution in [3.8, 4) is 0 Å². The molecule has 1 rings (SSSR count). The maximum atomic E-state index is 12.1. The Hall–Kier alpha value is -1.19. The van der Waals surface area contributed by atoms with Gasteiger partial charge in [-0.15, -0.1) is 0 Å². The highest BCUT2D eigenvalue weighted by molar-refractivity contribution is 5.96. The van der Waals surface area contributed by atoms with E-state index in [0.717, 1.165) is 12.8 Å². The first-order valence-corrected chi connectivity index (χ1v) is 10.0. The van der Waals surface area contributed by atoms with Crippen molar-refractivity contribution >= 4 is 5.78 Å². The van der Waals surface area contributed by atoms with Crippen LogP contribution >= 0.6 is 0 Å². The van der Waals surface area contributed by atoms with E-state index in [0.29, 0.717) is 12.0 Å². The fraction of sp³-hybridized carbons (Fsp3) is 0.682. The van der Waals surface area contributed by atoms with Gasteiger partial charge in [-0.1, -0.05) is 88.6 Å². The Labute approximate surface area is 153 Å². The van der Waals surface area contributed by atoms with Gasteiger partial charge >= 0.3 is 0 Å². The number of carbonyl (C=O) groups is 1. The molecule has 1 N–H and O–H groups in total. The van der Waals surface area contributed by atoms with Gasteiger partial charge in [0.1, 0.15) is 6.61 Å². The van der Waals surface area contributed by atoms with Crippen LogP contribution in [0.3, 0.4) is 0 Å². The van der Waals surface area contributed by atoms with E-state index in [1.54, 1.807) is 6.92 Å². The lowest BCUT2D eigenvalue weighted by atomic mass is 10.0. The van der Waals surface area contributed by atoms with Crippen LogP contribution in [-0.4, -0.2) is 29.7 Å². The molecule has 1 aromatic rings. The molecule has 0 saturated carbocycles. The quantitative estimate of drug-likeness (QED) is 0.333. The Kier molecular flexibility index (Phi) is 12.3. The predicted octanol–water partition coefficient (Wildman–Crippen LogP) is 5.56. The third-order valence-corrected chi connectivity index (χ3v) is 4.53. The van der Waals surface area contributed by atoms with Gasteiger partial charge in [-0.3, -0.25) is 4.79 Å². The van der Waals surface area contributed by atoms with Crippen LogP contribution in [0.5, 0.6) is 0 Å². The van der Waals surface area contributed by atoms with Crippen LogP contribution in [-0.2, 0) is 4.74 Å². The smallest absolute Gasteiger partial charge is 0.188 e. The lowest BCUT2D eigenvalue weighted by Crippen LogP contribution is -2.22. The van der Waals surface area contributed by atoms with Crippen molar-refractivity contribution in [2.45, 2.75) is 90.3 Å². The summed E-state index contributed by atoms with van der Waals surface area (Å²) in [6, 6.07) is 9.25. The molecular formula is C22H36O3. The van der Waals surface area contributed by atoms with Crippen molar-refractivity contribution in [2.75, 3.05) is 6.61 Å². The van der Waals surface area contributed by atoms with Crippen molar-refractivity contribution < 1.29 is 14.6 Å². The first-order chi connectivity index (χ1) is 12.1. The molecule has 3 heteroatoms. The van der Waals surface area contributed by atoms with Crippen molar-refractivity contribution in [1.29, 1.82) is 0 Å². The third kappa shape index (κ3) is 11.1. The number of hydrogen-bond donors (Lipinski definition) is 1. The topological polar surface area (TPSA) is 46.5 Å². The van der Waals surface area contributed by atoms with Crippen LogP contribution in [0.1, 0.15) is 88.4 Å². The van der Waals surface area contributed by atoms with E-state index in [1.165, 1.54) is 44.9 Å². The molecule has 2 unspecified atom stereocenters. The minimum absolute atomic E-state index is 0.00659. The molecule has 25 heavy (non-hydrogen) atoms. The Balaban J connectivity index is 2.23. The summed E-state index contributed by atoms with van der Waals surface area (Å²) in [4.78, 5) is 12.1. The fourth-order valence-electron chi connectivity index (χ4n) is 3.06. The van der Waals surface area contributed by atoms with Crippen LogP contribution in [0.4, 0.5) is 0 Å². The van der Waals surface area contributed by atoms with Crippen LogP contribution in [0.2, 0.25) is 0 Å². The molecule has 0 radical (unpaired) electrons. The molecule has 0 fully saturated rings. The Morgan fingerprint density at radius 2 is 1.60 bits per heavy atom. The molecular weight excluding hydrogens is 312 g/mol. The molecule has 0 aliphatic rings. The number of carbonyl (C=O) groups excluding carboxylic acids is 1. The van der Waals surface area contributed by atoms with Crippen molar-refractivity contribution in [2.24, 2.45) is 0 Å². The molecule has 0 saturated heterocycles. The standard InChI is InChI=1S/C22H36O3/c1-3-4-5-6-7-8-9-13-16-21(17-19(2)23)25-18-22(24)20-14-11-10-12-15-20/h10-12,14-15,19,21,23H,3-9,13,16-18H2,1-2H3. The SMILES string of the molecule is CCCCCCCCCCC(CC(C)O)OCC(=O)c1ccccc1. The summed E-state index contributed by atoms with van der Waals surface area (Å²) in [5.41, 5.74) is 0.686. The lowest BCUT2D eigenvalue weighted by Gasteiger charge is -2.19.